The molecule has 33 heavy (non-hydrogen) atoms. The summed E-state index contributed by atoms with van der Waals surface area (Å²) in [6.45, 7) is 4.22. The number of hydrogen-bond donors (Lipinski definition) is 1. The van der Waals surface area contributed by atoms with Gasteiger partial charge in [-0.2, -0.15) is 0 Å². The lowest BCUT2D eigenvalue weighted by molar-refractivity contribution is 0.0943. The molecule has 4 aromatic rings. The Balaban J connectivity index is 1.64. The van der Waals surface area contributed by atoms with E-state index in [1.54, 1.807) is 22.8 Å². The number of rotatable bonds is 7. The highest BCUT2D eigenvalue weighted by Crippen LogP contribution is 2.24. The summed E-state index contributed by atoms with van der Waals surface area (Å²) in [6, 6.07) is 22.4. The van der Waals surface area contributed by atoms with Crippen LogP contribution in [0.2, 0.25) is 5.02 Å². The number of hydrogen-bond acceptors (Lipinski definition) is 4. The molecule has 0 spiro atoms. The van der Waals surface area contributed by atoms with Crippen LogP contribution in [0.4, 0.5) is 0 Å². The predicted octanol–water partition coefficient (Wildman–Crippen LogP) is 5.53. The fourth-order valence-electron chi connectivity index (χ4n) is 3.42. The minimum absolute atomic E-state index is 0.0691. The molecule has 0 saturated carbocycles. The summed E-state index contributed by atoms with van der Waals surface area (Å²) in [6.07, 6.45) is 0. The molecule has 0 fully saturated rings. The van der Waals surface area contributed by atoms with Crippen LogP contribution in [-0.2, 0) is 12.3 Å². The highest BCUT2D eigenvalue weighted by Gasteiger charge is 2.13. The number of amides is 1. The van der Waals surface area contributed by atoms with Gasteiger partial charge in [0.1, 0.15) is 0 Å². The van der Waals surface area contributed by atoms with Gasteiger partial charge in [0.05, 0.1) is 17.4 Å². The van der Waals surface area contributed by atoms with Gasteiger partial charge in [0.2, 0.25) is 0 Å². The van der Waals surface area contributed by atoms with Crippen molar-refractivity contribution in [3.05, 3.63) is 105 Å². The van der Waals surface area contributed by atoms with E-state index in [4.69, 9.17) is 16.6 Å². The first-order valence-corrected chi connectivity index (χ1v) is 12.0. The van der Waals surface area contributed by atoms with E-state index < -0.39 is 0 Å². The van der Waals surface area contributed by atoms with Crippen molar-refractivity contribution in [3.8, 4) is 0 Å². The molecule has 1 aromatic heterocycles. The average molecular weight is 478 g/mol. The number of benzene rings is 3. The van der Waals surface area contributed by atoms with Crippen LogP contribution in [0.3, 0.4) is 0 Å². The quantitative estimate of drug-likeness (QED) is 0.281. The maximum atomic E-state index is 13.3. The van der Waals surface area contributed by atoms with Crippen LogP contribution in [0.25, 0.3) is 10.9 Å². The maximum Gasteiger partial charge on any atom is 0.262 e. The molecule has 0 radical (unpaired) electrons. The van der Waals surface area contributed by atoms with E-state index in [1.807, 2.05) is 68.4 Å². The first-order chi connectivity index (χ1) is 15.9. The molecule has 0 aliphatic rings. The lowest BCUT2D eigenvalue weighted by Gasteiger charge is -2.14. The number of thioether (sulfide) groups is 1. The molecular weight excluding hydrogens is 454 g/mol. The van der Waals surface area contributed by atoms with E-state index in [0.717, 1.165) is 11.1 Å². The fourth-order valence-corrected chi connectivity index (χ4v) is 4.50. The number of aromatic nitrogens is 2. The Morgan fingerprint density at radius 1 is 1.00 bits per heavy atom. The molecule has 0 saturated heterocycles. The third-order valence-electron chi connectivity index (χ3n) is 5.08. The zero-order valence-electron chi connectivity index (χ0n) is 18.4. The lowest BCUT2D eigenvalue weighted by atomic mass is 10.1. The lowest BCUT2D eigenvalue weighted by Crippen LogP contribution is -2.30. The first kappa shape index (κ1) is 23.1. The zero-order chi connectivity index (χ0) is 23.4. The molecule has 0 atom stereocenters. The number of carbonyl (C=O) groups is 1. The third kappa shape index (κ3) is 5.64. The maximum absolute atomic E-state index is 13.3. The molecule has 1 amide bonds. The second-order valence-electron chi connectivity index (χ2n) is 8.04. The first-order valence-electron chi connectivity index (χ1n) is 10.7. The van der Waals surface area contributed by atoms with Gasteiger partial charge >= 0.3 is 0 Å². The minimum Gasteiger partial charge on any atom is -0.350 e. The molecule has 0 bridgehead atoms. The summed E-state index contributed by atoms with van der Waals surface area (Å²) < 4.78 is 1.70. The smallest absolute Gasteiger partial charge is 0.262 e. The number of halogens is 1. The van der Waals surface area contributed by atoms with Gasteiger partial charge in [-0.25, -0.2) is 4.98 Å². The van der Waals surface area contributed by atoms with E-state index in [9.17, 15) is 9.59 Å². The second kappa shape index (κ2) is 10.2. The monoisotopic (exact) mass is 477 g/mol. The average Bonchev–Trinajstić information content (AvgIpc) is 2.81. The van der Waals surface area contributed by atoms with E-state index in [2.05, 4.69) is 5.32 Å². The van der Waals surface area contributed by atoms with Crippen LogP contribution in [-0.4, -0.2) is 21.5 Å². The number of nitrogens with zero attached hydrogens (tertiary/aromatic N) is 2. The van der Waals surface area contributed by atoms with Crippen LogP contribution >= 0.6 is 23.4 Å². The Morgan fingerprint density at radius 2 is 1.67 bits per heavy atom. The van der Waals surface area contributed by atoms with Gasteiger partial charge in [0.15, 0.2) is 5.16 Å². The summed E-state index contributed by atoms with van der Waals surface area (Å²) in [7, 11) is 0. The fraction of sp³-hybridized carbons (Fsp3) is 0.192. The SMILES string of the molecule is CC(C)NC(=O)c1ccc(Cn2c(SCc3ccc(Cl)cc3)nc3ccccc3c2=O)cc1. The summed E-state index contributed by atoms with van der Waals surface area (Å²) in [5.41, 5.74) is 3.20. The van der Waals surface area contributed by atoms with E-state index in [1.165, 1.54) is 11.8 Å². The Bertz CT molecular complexity index is 1330. The van der Waals surface area contributed by atoms with Gasteiger partial charge in [0.25, 0.3) is 11.5 Å². The normalized spacial score (nSPS) is 11.2. The summed E-state index contributed by atoms with van der Waals surface area (Å²) >= 11 is 7.51. The van der Waals surface area contributed by atoms with Crippen LogP contribution in [0.1, 0.15) is 35.3 Å². The predicted molar refractivity (Wildman–Crippen MR) is 135 cm³/mol. The van der Waals surface area contributed by atoms with Crippen molar-refractivity contribution in [2.24, 2.45) is 0 Å². The molecule has 0 aliphatic heterocycles. The summed E-state index contributed by atoms with van der Waals surface area (Å²) in [5.74, 6) is 0.552. The molecule has 7 heteroatoms. The molecule has 5 nitrogen and oxygen atoms in total. The molecule has 3 aromatic carbocycles. The van der Waals surface area contributed by atoms with Crippen LogP contribution in [0.5, 0.6) is 0 Å². The molecule has 4 rings (SSSR count). The molecule has 1 heterocycles. The molecular formula is C26H24ClN3O2S. The molecule has 168 valence electrons. The third-order valence-corrected chi connectivity index (χ3v) is 6.38. The van der Waals surface area contributed by atoms with Gasteiger partial charge in [0, 0.05) is 22.4 Å². The van der Waals surface area contributed by atoms with E-state index >= 15 is 0 Å². The number of carbonyl (C=O) groups excluding carboxylic acids is 1. The van der Waals surface area contributed by atoms with Gasteiger partial charge in [-0.05, 0) is 61.4 Å². The number of para-hydroxylation sites is 1. The van der Waals surface area contributed by atoms with Gasteiger partial charge in [-0.3, -0.25) is 14.2 Å². The van der Waals surface area contributed by atoms with Crippen molar-refractivity contribution >= 4 is 40.2 Å². The van der Waals surface area contributed by atoms with Gasteiger partial charge in [-0.1, -0.05) is 59.8 Å². The summed E-state index contributed by atoms with van der Waals surface area (Å²) in [4.78, 5) is 30.3. The standard InChI is InChI=1S/C26H24ClN3O2S/c1-17(2)28-24(31)20-11-7-18(8-12-20)15-30-25(32)22-5-3-4-6-23(22)29-26(30)33-16-19-9-13-21(27)14-10-19/h3-14,17H,15-16H2,1-2H3,(H,28,31). The van der Waals surface area contributed by atoms with Crippen molar-refractivity contribution in [1.29, 1.82) is 0 Å². The molecule has 0 aliphatic carbocycles. The highest BCUT2D eigenvalue weighted by atomic mass is 35.5. The Morgan fingerprint density at radius 3 is 2.36 bits per heavy atom. The van der Waals surface area contributed by atoms with E-state index in [0.29, 0.717) is 38.9 Å². The van der Waals surface area contributed by atoms with E-state index in [-0.39, 0.29) is 17.5 Å². The topological polar surface area (TPSA) is 64.0 Å². The molecule has 0 unspecified atom stereocenters. The Hall–Kier alpha value is -3.09. The summed E-state index contributed by atoms with van der Waals surface area (Å²) in [5, 5.41) is 4.81. The second-order valence-corrected chi connectivity index (χ2v) is 9.42. The highest BCUT2D eigenvalue weighted by molar-refractivity contribution is 7.98. The van der Waals surface area contributed by atoms with Crippen molar-refractivity contribution in [3.63, 3.8) is 0 Å². The van der Waals surface area contributed by atoms with Crippen LogP contribution in [0, 0.1) is 0 Å². The van der Waals surface area contributed by atoms with Crippen molar-refractivity contribution < 1.29 is 4.79 Å². The van der Waals surface area contributed by atoms with Crippen molar-refractivity contribution in [2.75, 3.05) is 0 Å². The van der Waals surface area contributed by atoms with Crippen molar-refractivity contribution in [1.82, 2.24) is 14.9 Å². The van der Waals surface area contributed by atoms with Crippen molar-refractivity contribution in [2.45, 2.75) is 37.3 Å². The minimum atomic E-state index is -0.111. The Labute approximate surface area is 201 Å². The number of nitrogens with one attached hydrogen (secondary N) is 1. The van der Waals surface area contributed by atoms with Crippen LogP contribution < -0.4 is 10.9 Å². The Kier molecular flexibility index (Phi) is 7.16. The van der Waals surface area contributed by atoms with Crippen LogP contribution in [0.15, 0.2) is 82.7 Å². The largest absolute Gasteiger partial charge is 0.350 e. The number of fused-ring (bicyclic) bond motifs is 1. The van der Waals surface area contributed by atoms with Gasteiger partial charge < -0.3 is 5.32 Å². The molecule has 1 N–H and O–H groups in total. The zero-order valence-corrected chi connectivity index (χ0v) is 20.0. The van der Waals surface area contributed by atoms with Gasteiger partial charge in [-0.15, -0.1) is 0 Å².